The van der Waals surface area contributed by atoms with E-state index in [1.807, 2.05) is 0 Å². The summed E-state index contributed by atoms with van der Waals surface area (Å²) in [7, 11) is 0. The van der Waals surface area contributed by atoms with E-state index in [1.165, 1.54) is 57.8 Å². The molecule has 0 amide bonds. The molecule has 1 aliphatic heterocycles. The average molecular weight is 591 g/mol. The zero-order chi connectivity index (χ0) is 29.8. The predicted molar refractivity (Wildman–Crippen MR) is 159 cm³/mol. The van der Waals surface area contributed by atoms with Gasteiger partial charge < -0.3 is 14.2 Å². The van der Waals surface area contributed by atoms with Crippen molar-refractivity contribution in [3.8, 4) is 22.6 Å². The maximum atomic E-state index is 15.1. The van der Waals surface area contributed by atoms with Crippen LogP contribution < -0.4 is 9.47 Å². The SMILES string of the molecule is CCCCCCCCCC1CCC(C2CCC(C(F)(F)Oc3ccc(-c4ccc(OC=C(F)F)cc4)cc3)CC2)OC1. The Morgan fingerprint density at radius 2 is 1.38 bits per heavy atom. The third-order valence-corrected chi connectivity index (χ3v) is 8.97. The second kappa shape index (κ2) is 16.3. The van der Waals surface area contributed by atoms with Gasteiger partial charge in [0.25, 0.3) is 0 Å². The summed E-state index contributed by atoms with van der Waals surface area (Å²) in [5, 5.41) is 0. The first-order valence-corrected chi connectivity index (χ1v) is 15.9. The number of alkyl halides is 2. The number of benzene rings is 2. The summed E-state index contributed by atoms with van der Waals surface area (Å²) >= 11 is 0. The van der Waals surface area contributed by atoms with Crippen molar-refractivity contribution in [2.75, 3.05) is 6.61 Å². The van der Waals surface area contributed by atoms with Crippen LogP contribution in [0.1, 0.15) is 96.8 Å². The molecule has 2 aromatic carbocycles. The lowest BCUT2D eigenvalue weighted by Gasteiger charge is -2.39. The largest absolute Gasteiger partial charge is 0.459 e. The highest BCUT2D eigenvalue weighted by molar-refractivity contribution is 5.64. The van der Waals surface area contributed by atoms with E-state index >= 15 is 8.78 Å². The van der Waals surface area contributed by atoms with Gasteiger partial charge in [0, 0.05) is 6.61 Å². The van der Waals surface area contributed by atoms with Gasteiger partial charge in [-0.2, -0.15) is 17.6 Å². The van der Waals surface area contributed by atoms with Crippen LogP contribution in [-0.4, -0.2) is 18.8 Å². The molecule has 2 fully saturated rings. The third-order valence-electron chi connectivity index (χ3n) is 8.97. The fraction of sp³-hybridized carbons (Fsp3) is 0.600. The van der Waals surface area contributed by atoms with E-state index in [4.69, 9.17) is 14.2 Å². The van der Waals surface area contributed by atoms with Gasteiger partial charge in [0.1, 0.15) is 11.5 Å². The zero-order valence-corrected chi connectivity index (χ0v) is 24.8. The summed E-state index contributed by atoms with van der Waals surface area (Å²) in [5.41, 5.74) is 1.60. The molecule has 7 heteroatoms. The molecule has 0 radical (unpaired) electrons. The molecule has 4 rings (SSSR count). The van der Waals surface area contributed by atoms with Gasteiger partial charge in [-0.3, -0.25) is 0 Å². The highest BCUT2D eigenvalue weighted by Crippen LogP contribution is 2.43. The van der Waals surface area contributed by atoms with Crippen LogP contribution >= 0.6 is 0 Å². The summed E-state index contributed by atoms with van der Waals surface area (Å²) in [6, 6.07) is 13.1. The van der Waals surface area contributed by atoms with Gasteiger partial charge in [-0.15, -0.1) is 0 Å². The molecule has 1 heterocycles. The molecule has 0 bridgehead atoms. The monoisotopic (exact) mass is 590 g/mol. The van der Waals surface area contributed by atoms with E-state index in [0.717, 1.165) is 37.0 Å². The molecule has 1 saturated heterocycles. The van der Waals surface area contributed by atoms with Gasteiger partial charge in [-0.1, -0.05) is 76.1 Å². The Labute approximate surface area is 248 Å². The minimum absolute atomic E-state index is 0.122. The molecule has 2 aromatic rings. The molecule has 3 nitrogen and oxygen atoms in total. The first kappa shape index (κ1) is 32.4. The van der Waals surface area contributed by atoms with Gasteiger partial charge in [-0.25, -0.2) is 0 Å². The van der Waals surface area contributed by atoms with Crippen LogP contribution in [0.15, 0.2) is 60.9 Å². The Balaban J connectivity index is 1.16. The van der Waals surface area contributed by atoms with E-state index in [0.29, 0.717) is 30.9 Å². The topological polar surface area (TPSA) is 27.7 Å². The normalized spacial score (nSPS) is 22.9. The van der Waals surface area contributed by atoms with Crippen LogP contribution in [0.25, 0.3) is 11.1 Å². The molecular weight excluding hydrogens is 544 g/mol. The van der Waals surface area contributed by atoms with Crippen LogP contribution in [0, 0.1) is 17.8 Å². The van der Waals surface area contributed by atoms with Crippen molar-refractivity contribution in [2.24, 2.45) is 17.8 Å². The van der Waals surface area contributed by atoms with E-state index < -0.39 is 18.1 Å². The maximum absolute atomic E-state index is 15.1. The molecule has 1 aliphatic carbocycles. The fourth-order valence-corrected chi connectivity index (χ4v) is 6.44. The van der Waals surface area contributed by atoms with Crippen LogP contribution in [0.4, 0.5) is 17.6 Å². The molecular formula is C35H46F4O3. The highest BCUT2D eigenvalue weighted by Gasteiger charge is 2.45. The van der Waals surface area contributed by atoms with Crippen LogP contribution in [-0.2, 0) is 4.74 Å². The first-order chi connectivity index (χ1) is 20.3. The van der Waals surface area contributed by atoms with Crippen molar-refractivity contribution in [1.82, 2.24) is 0 Å². The third kappa shape index (κ3) is 10.0. The Kier molecular flexibility index (Phi) is 12.6. The summed E-state index contributed by atoms with van der Waals surface area (Å²) in [6.07, 6.45) is 10.6. The van der Waals surface area contributed by atoms with E-state index in [-0.39, 0.29) is 17.6 Å². The van der Waals surface area contributed by atoms with Crippen molar-refractivity contribution < 1.29 is 31.8 Å². The van der Waals surface area contributed by atoms with Gasteiger partial charge in [0.15, 0.2) is 6.26 Å². The van der Waals surface area contributed by atoms with Gasteiger partial charge in [-0.05, 0) is 92.2 Å². The molecule has 2 aliphatic rings. The van der Waals surface area contributed by atoms with Crippen molar-refractivity contribution in [1.29, 1.82) is 0 Å². The Morgan fingerprint density at radius 3 is 1.95 bits per heavy atom. The summed E-state index contributed by atoms with van der Waals surface area (Å²) < 4.78 is 70.9. The number of unbranched alkanes of at least 4 members (excludes halogenated alkanes) is 6. The number of rotatable bonds is 15. The van der Waals surface area contributed by atoms with Crippen molar-refractivity contribution in [3.63, 3.8) is 0 Å². The molecule has 2 unspecified atom stereocenters. The van der Waals surface area contributed by atoms with Crippen LogP contribution in [0.2, 0.25) is 0 Å². The van der Waals surface area contributed by atoms with E-state index in [2.05, 4.69) is 6.92 Å². The van der Waals surface area contributed by atoms with Crippen molar-refractivity contribution >= 4 is 0 Å². The van der Waals surface area contributed by atoms with Gasteiger partial charge >= 0.3 is 12.2 Å². The number of hydrogen-bond acceptors (Lipinski definition) is 3. The lowest BCUT2D eigenvalue weighted by Crippen LogP contribution is -2.40. The van der Waals surface area contributed by atoms with E-state index in [1.54, 1.807) is 48.5 Å². The second-order valence-electron chi connectivity index (χ2n) is 12.1. The summed E-state index contributed by atoms with van der Waals surface area (Å²) in [4.78, 5) is 0. The van der Waals surface area contributed by atoms with Crippen molar-refractivity contribution in [3.05, 3.63) is 60.9 Å². The number of ether oxygens (including phenoxy) is 3. The molecule has 1 saturated carbocycles. The number of halogens is 4. The summed E-state index contributed by atoms with van der Waals surface area (Å²) in [5.74, 6) is 0.606. The Hall–Kier alpha value is -2.54. The van der Waals surface area contributed by atoms with E-state index in [9.17, 15) is 8.78 Å². The van der Waals surface area contributed by atoms with Gasteiger partial charge in [0.2, 0.25) is 0 Å². The average Bonchev–Trinajstić information content (AvgIpc) is 3.00. The molecule has 0 aromatic heterocycles. The minimum atomic E-state index is -3.24. The zero-order valence-electron chi connectivity index (χ0n) is 24.8. The van der Waals surface area contributed by atoms with Gasteiger partial charge in [0.05, 0.1) is 12.0 Å². The molecule has 0 spiro atoms. The number of hydrogen-bond donors (Lipinski definition) is 0. The second-order valence-corrected chi connectivity index (χ2v) is 12.1. The lowest BCUT2D eigenvalue weighted by molar-refractivity contribution is -0.225. The molecule has 0 N–H and O–H groups in total. The van der Waals surface area contributed by atoms with Crippen LogP contribution in [0.3, 0.4) is 0 Å². The quantitative estimate of drug-likeness (QED) is 0.117. The lowest BCUT2D eigenvalue weighted by atomic mass is 9.76. The predicted octanol–water partition coefficient (Wildman–Crippen LogP) is 11.2. The fourth-order valence-electron chi connectivity index (χ4n) is 6.44. The Bertz CT molecular complexity index is 1070. The van der Waals surface area contributed by atoms with Crippen molar-refractivity contribution in [2.45, 2.75) is 109 Å². The smallest absolute Gasteiger partial charge is 0.400 e. The maximum Gasteiger partial charge on any atom is 0.400 e. The molecule has 42 heavy (non-hydrogen) atoms. The highest BCUT2D eigenvalue weighted by atomic mass is 19.3. The molecule has 232 valence electrons. The Morgan fingerprint density at radius 1 is 0.786 bits per heavy atom. The summed E-state index contributed by atoms with van der Waals surface area (Å²) in [6.45, 7) is 3.07. The standard InChI is InChI=1S/C35H46F4O3/c1-2-3-4-5-6-7-8-9-26-10-23-33(41-24-26)29-11-17-30(18-12-29)35(38,39)42-32-21-15-28(16-22-32)27-13-19-31(20-14-27)40-25-34(36)37/h13-16,19-22,25-26,29-30,33H,2-12,17-18,23-24H2,1H3. The first-order valence-electron chi connectivity index (χ1n) is 15.9. The molecule has 2 atom stereocenters. The van der Waals surface area contributed by atoms with Crippen LogP contribution in [0.5, 0.6) is 11.5 Å². The minimum Gasteiger partial charge on any atom is -0.459 e.